The van der Waals surface area contributed by atoms with Crippen LogP contribution in [0, 0.1) is 12.8 Å². The maximum atomic E-state index is 11.7. The molecule has 0 bridgehead atoms. The molecule has 1 aromatic carbocycles. The van der Waals surface area contributed by atoms with Crippen molar-refractivity contribution in [3.63, 3.8) is 0 Å². The number of phenols is 2. The van der Waals surface area contributed by atoms with Crippen molar-refractivity contribution in [2.45, 2.75) is 97.0 Å². The molecule has 6 N–H and O–H groups in total. The lowest BCUT2D eigenvalue weighted by Gasteiger charge is -2.31. The Morgan fingerprint density at radius 2 is 1.84 bits per heavy atom. The zero-order valence-corrected chi connectivity index (χ0v) is 26.6. The minimum Gasteiger partial charge on any atom is -0.507 e. The van der Waals surface area contributed by atoms with Crippen molar-refractivity contribution < 1.29 is 38.9 Å². The largest absolute Gasteiger partial charge is 0.507 e. The van der Waals surface area contributed by atoms with Gasteiger partial charge in [0.25, 0.3) is 5.56 Å². The maximum Gasteiger partial charge on any atom is 0.469 e. The molecule has 1 aliphatic heterocycles. The monoisotopic (exact) mass is 636 g/mol. The Morgan fingerprint density at radius 1 is 1.18 bits per heavy atom. The van der Waals surface area contributed by atoms with Crippen LogP contribution < -0.4 is 11.2 Å². The van der Waals surface area contributed by atoms with Gasteiger partial charge < -0.3 is 29.8 Å². The van der Waals surface area contributed by atoms with Gasteiger partial charge in [-0.3, -0.25) is 18.9 Å². The van der Waals surface area contributed by atoms with Gasteiger partial charge in [0.1, 0.15) is 23.8 Å². The molecule has 0 unspecified atom stereocenters. The van der Waals surface area contributed by atoms with Gasteiger partial charge in [0.2, 0.25) is 0 Å². The number of aromatic amines is 1. The fraction of sp³-hybridized carbons (Fsp3) is 0.548. The normalized spacial score (nSPS) is 23.5. The lowest BCUT2D eigenvalue weighted by Crippen LogP contribution is -2.33. The number of hydrogen-bond acceptors (Lipinski definition) is 8. The van der Waals surface area contributed by atoms with Crippen molar-refractivity contribution in [3.8, 4) is 11.5 Å². The van der Waals surface area contributed by atoms with Gasteiger partial charge in [0.15, 0.2) is 0 Å². The molecular formula is C31H45N2O10P. The summed E-state index contributed by atoms with van der Waals surface area (Å²) in [7, 11) is -4.67. The number of allylic oxidation sites excluding steroid dienone is 3. The number of phosphoric acid groups is 1. The van der Waals surface area contributed by atoms with E-state index in [-0.39, 0.29) is 29.8 Å². The zero-order chi connectivity index (χ0) is 32.8. The summed E-state index contributed by atoms with van der Waals surface area (Å²) in [6.45, 7) is 11.4. The van der Waals surface area contributed by atoms with Crippen LogP contribution >= 0.6 is 7.82 Å². The highest BCUT2D eigenvalue weighted by Crippen LogP contribution is 2.46. The average Bonchev–Trinajstić information content (AvgIpc) is 3.29. The molecule has 4 rings (SSSR count). The first-order valence-electron chi connectivity index (χ1n) is 14.8. The predicted octanol–water partition coefficient (Wildman–Crippen LogP) is 4.45. The second-order valence-corrected chi connectivity index (χ2v) is 13.0. The molecule has 0 spiro atoms. The number of aliphatic hydroxyl groups excluding tert-OH is 1. The Labute approximate surface area is 256 Å². The minimum absolute atomic E-state index is 0.0194. The highest BCUT2D eigenvalue weighted by molar-refractivity contribution is 7.46. The second kappa shape index (κ2) is 15.3. The van der Waals surface area contributed by atoms with Gasteiger partial charge in [0, 0.05) is 29.7 Å². The van der Waals surface area contributed by atoms with E-state index in [0.29, 0.717) is 11.1 Å². The fourth-order valence-corrected chi connectivity index (χ4v) is 6.00. The van der Waals surface area contributed by atoms with Crippen LogP contribution in [0.15, 0.2) is 51.7 Å². The lowest BCUT2D eigenvalue weighted by atomic mass is 9.73. The topological polar surface area (TPSA) is 192 Å². The van der Waals surface area contributed by atoms with E-state index in [2.05, 4.69) is 36.0 Å². The van der Waals surface area contributed by atoms with Crippen LogP contribution in [-0.2, 0) is 20.2 Å². The molecule has 1 fully saturated rings. The van der Waals surface area contributed by atoms with E-state index in [1.807, 2.05) is 19.1 Å². The number of hydrogen-bond donors (Lipinski definition) is 6. The summed E-state index contributed by atoms with van der Waals surface area (Å²) in [6, 6.07) is 3.66. The zero-order valence-electron chi connectivity index (χ0n) is 25.7. The number of phenolic OH excluding ortho intramolecular Hbond substituents is 2. The number of benzene rings is 1. The van der Waals surface area contributed by atoms with Crippen LogP contribution in [0.2, 0.25) is 0 Å². The van der Waals surface area contributed by atoms with Crippen molar-refractivity contribution in [3.05, 3.63) is 79.7 Å². The fourth-order valence-electron chi connectivity index (χ4n) is 5.66. The van der Waals surface area contributed by atoms with Gasteiger partial charge in [0.05, 0.1) is 12.7 Å². The van der Waals surface area contributed by atoms with E-state index < -0.39 is 44.1 Å². The number of aromatic nitrogens is 2. The van der Waals surface area contributed by atoms with Gasteiger partial charge in [-0.1, -0.05) is 43.6 Å². The summed E-state index contributed by atoms with van der Waals surface area (Å²) in [5, 5.41) is 30.9. The summed E-state index contributed by atoms with van der Waals surface area (Å²) in [6.07, 6.45) is 7.04. The molecule has 0 amide bonds. The Balaban J connectivity index is 0.000000241. The highest BCUT2D eigenvalue weighted by Gasteiger charge is 2.37. The Hall–Kier alpha value is -2.99. The SMILES string of the molecule is C=C(C)[C@@H]1CCC(C)=C[C@H]1c1c(O)cc(CCCCC)cc1O.Cc1cn([C@H]2C[C@H](O)[C@@H](COP(=O)(O)O)O2)c(=O)[nH]c1=O. The number of unbranched alkanes of at least 4 members (excludes halogenated alkanes) is 2. The second-order valence-electron chi connectivity index (χ2n) is 11.7. The van der Waals surface area contributed by atoms with E-state index in [9.17, 15) is 29.5 Å². The van der Waals surface area contributed by atoms with E-state index in [1.54, 1.807) is 0 Å². The molecule has 12 nitrogen and oxygen atoms in total. The van der Waals surface area contributed by atoms with Crippen LogP contribution in [0.1, 0.15) is 88.1 Å². The number of aryl methyl sites for hydroxylation is 2. The molecule has 44 heavy (non-hydrogen) atoms. The molecule has 1 aliphatic carbocycles. The Morgan fingerprint density at radius 3 is 2.43 bits per heavy atom. The molecule has 1 aromatic heterocycles. The number of nitrogens with zero attached hydrogens (tertiary/aromatic N) is 1. The van der Waals surface area contributed by atoms with Crippen LogP contribution in [0.4, 0.5) is 0 Å². The number of aliphatic hydroxyl groups is 1. The van der Waals surface area contributed by atoms with Gasteiger partial charge >= 0.3 is 13.5 Å². The summed E-state index contributed by atoms with van der Waals surface area (Å²) in [5.41, 5.74) is 3.19. The van der Waals surface area contributed by atoms with Crippen molar-refractivity contribution in [2.75, 3.05) is 6.61 Å². The van der Waals surface area contributed by atoms with Crippen LogP contribution in [0.25, 0.3) is 0 Å². The summed E-state index contributed by atoms with van der Waals surface area (Å²) < 4.78 is 21.4. The standard InChI is InChI=1S/C21H30O2.C10H15N2O8P/c1-5-6-7-8-16-12-19(22)21(20(23)13-16)18-11-15(4)9-10-17(18)14(2)3;1-5-3-12(10(15)11-9(5)14)8-2-6(13)7(20-8)4-19-21(16,17)18/h11-13,17-18,22-23H,2,5-10H2,1,3-4H3;3,6-8,13H,2,4H2,1H3,(H,11,14,15)(H2,16,17,18)/t17-,18+;6-,7+,8+/m00/s1. The highest BCUT2D eigenvalue weighted by atomic mass is 31.2. The number of nitrogens with one attached hydrogen (secondary N) is 1. The van der Waals surface area contributed by atoms with E-state index in [0.717, 1.165) is 41.4 Å². The smallest absolute Gasteiger partial charge is 0.469 e. The van der Waals surface area contributed by atoms with Crippen LogP contribution in [-0.4, -0.2) is 53.5 Å². The molecular weight excluding hydrogens is 591 g/mol. The summed E-state index contributed by atoms with van der Waals surface area (Å²) in [4.78, 5) is 42.3. The van der Waals surface area contributed by atoms with E-state index in [4.69, 9.17) is 14.5 Å². The maximum absolute atomic E-state index is 11.7. The van der Waals surface area contributed by atoms with Crippen molar-refractivity contribution in [2.24, 2.45) is 5.92 Å². The molecule has 2 heterocycles. The number of rotatable bonds is 10. The quantitative estimate of drug-likeness (QED) is 0.123. The Bertz CT molecular complexity index is 1480. The first-order valence-corrected chi connectivity index (χ1v) is 16.4. The third-order valence-electron chi connectivity index (χ3n) is 8.05. The van der Waals surface area contributed by atoms with Crippen LogP contribution in [0.5, 0.6) is 11.5 Å². The average molecular weight is 637 g/mol. The molecule has 0 radical (unpaired) electrons. The molecule has 5 atom stereocenters. The molecule has 2 aliphatic rings. The van der Waals surface area contributed by atoms with Gasteiger partial charge in [-0.15, -0.1) is 0 Å². The number of aromatic hydroxyl groups is 2. The van der Waals surface area contributed by atoms with E-state index >= 15 is 0 Å². The predicted molar refractivity (Wildman–Crippen MR) is 166 cm³/mol. The third kappa shape index (κ3) is 9.50. The van der Waals surface area contributed by atoms with Crippen molar-refractivity contribution >= 4 is 7.82 Å². The van der Waals surface area contributed by atoms with Crippen LogP contribution in [0.3, 0.4) is 0 Å². The van der Waals surface area contributed by atoms with Gasteiger partial charge in [-0.2, -0.15) is 0 Å². The molecule has 0 saturated carbocycles. The number of H-pyrrole nitrogens is 1. The first kappa shape index (κ1) is 35.5. The van der Waals surface area contributed by atoms with Crippen molar-refractivity contribution in [1.29, 1.82) is 0 Å². The third-order valence-corrected chi connectivity index (χ3v) is 8.53. The molecule has 13 heteroatoms. The Kier molecular flexibility index (Phi) is 12.4. The lowest BCUT2D eigenvalue weighted by molar-refractivity contribution is -0.0451. The molecule has 1 saturated heterocycles. The molecule has 244 valence electrons. The van der Waals surface area contributed by atoms with E-state index in [1.165, 1.54) is 31.5 Å². The summed E-state index contributed by atoms with van der Waals surface area (Å²) in [5.74, 6) is 0.741. The number of ether oxygens (including phenoxy) is 1. The molecule has 2 aromatic rings. The first-order chi connectivity index (χ1) is 20.6. The van der Waals surface area contributed by atoms with Gasteiger partial charge in [-0.05, 0) is 70.1 Å². The van der Waals surface area contributed by atoms with Crippen molar-refractivity contribution in [1.82, 2.24) is 9.55 Å². The minimum atomic E-state index is -4.67. The van der Waals surface area contributed by atoms with Gasteiger partial charge in [-0.25, -0.2) is 9.36 Å². The summed E-state index contributed by atoms with van der Waals surface area (Å²) >= 11 is 0. The number of phosphoric ester groups is 1.